The lowest BCUT2D eigenvalue weighted by Crippen LogP contribution is -2.31. The SMILES string of the molecule is Cc1c(C(=O)Nc2ccc(C(C)C)cc2)oc2c1/C(=N\NC(N)=S)CC(C)(C)C2. The lowest BCUT2D eigenvalue weighted by Gasteiger charge is -2.29. The molecular weight excluding hydrogens is 384 g/mol. The Morgan fingerprint density at radius 3 is 2.48 bits per heavy atom. The number of anilines is 1. The minimum Gasteiger partial charge on any atom is -0.455 e. The third-order valence-corrected chi connectivity index (χ3v) is 5.23. The first kappa shape index (κ1) is 21.0. The van der Waals surface area contributed by atoms with E-state index in [0.29, 0.717) is 11.7 Å². The van der Waals surface area contributed by atoms with Crippen LogP contribution in [0.5, 0.6) is 0 Å². The second-order valence-electron chi connectivity index (χ2n) is 8.64. The number of nitrogens with zero attached hydrogens (tertiary/aromatic N) is 1. The Kier molecular flexibility index (Phi) is 5.80. The predicted molar refractivity (Wildman–Crippen MR) is 120 cm³/mol. The molecule has 2 aromatic rings. The molecule has 0 aliphatic heterocycles. The van der Waals surface area contributed by atoms with E-state index in [1.165, 1.54) is 5.56 Å². The second kappa shape index (κ2) is 7.99. The first-order chi connectivity index (χ1) is 13.6. The molecule has 1 heterocycles. The van der Waals surface area contributed by atoms with Gasteiger partial charge in [0.05, 0.1) is 5.71 Å². The van der Waals surface area contributed by atoms with Crippen LogP contribution in [-0.2, 0) is 6.42 Å². The average Bonchev–Trinajstić information content (AvgIpc) is 2.95. The number of carbonyl (C=O) groups is 1. The van der Waals surface area contributed by atoms with Crippen molar-refractivity contribution in [3.63, 3.8) is 0 Å². The van der Waals surface area contributed by atoms with E-state index in [4.69, 9.17) is 22.4 Å². The summed E-state index contributed by atoms with van der Waals surface area (Å²) in [7, 11) is 0. The molecule has 0 unspecified atom stereocenters. The highest BCUT2D eigenvalue weighted by Gasteiger charge is 2.36. The van der Waals surface area contributed by atoms with Gasteiger partial charge in [-0.2, -0.15) is 5.10 Å². The minimum atomic E-state index is -0.270. The maximum Gasteiger partial charge on any atom is 0.291 e. The number of amides is 1. The van der Waals surface area contributed by atoms with Crippen molar-refractivity contribution in [2.24, 2.45) is 16.3 Å². The van der Waals surface area contributed by atoms with Crippen molar-refractivity contribution in [1.82, 2.24) is 5.43 Å². The summed E-state index contributed by atoms with van der Waals surface area (Å²) in [5.74, 6) is 1.25. The summed E-state index contributed by atoms with van der Waals surface area (Å²) in [4.78, 5) is 12.9. The van der Waals surface area contributed by atoms with E-state index in [2.05, 4.69) is 43.5 Å². The Bertz CT molecular complexity index is 971. The van der Waals surface area contributed by atoms with E-state index >= 15 is 0 Å². The number of nitrogens with one attached hydrogen (secondary N) is 2. The smallest absolute Gasteiger partial charge is 0.291 e. The van der Waals surface area contributed by atoms with Crippen LogP contribution in [0.25, 0.3) is 0 Å². The van der Waals surface area contributed by atoms with E-state index in [1.54, 1.807) is 0 Å². The van der Waals surface area contributed by atoms with Crippen LogP contribution in [-0.4, -0.2) is 16.7 Å². The summed E-state index contributed by atoms with van der Waals surface area (Å²) in [5.41, 5.74) is 12.5. The molecule has 0 saturated carbocycles. The van der Waals surface area contributed by atoms with Crippen molar-refractivity contribution < 1.29 is 9.21 Å². The first-order valence-electron chi connectivity index (χ1n) is 9.73. The van der Waals surface area contributed by atoms with Gasteiger partial charge in [-0.15, -0.1) is 0 Å². The zero-order valence-electron chi connectivity index (χ0n) is 17.6. The van der Waals surface area contributed by atoms with Gasteiger partial charge in [0.1, 0.15) is 5.76 Å². The standard InChI is InChI=1S/C22H28N4O2S/c1-12(2)14-6-8-15(9-7-14)24-20(27)19-13(3)18-16(25-26-21(23)29)10-22(4,5)11-17(18)28-19/h6-9,12H,10-11H2,1-5H3,(H,24,27)(H3,23,26,29)/b25-16-. The van der Waals surface area contributed by atoms with Gasteiger partial charge in [-0.25, -0.2) is 0 Å². The number of fused-ring (bicyclic) bond motifs is 1. The molecule has 1 amide bonds. The molecule has 1 aliphatic rings. The number of nitrogens with two attached hydrogens (primary N) is 1. The molecule has 6 nitrogen and oxygen atoms in total. The number of furan rings is 1. The van der Waals surface area contributed by atoms with Crippen LogP contribution in [0.1, 0.15) is 73.0 Å². The monoisotopic (exact) mass is 412 g/mol. The van der Waals surface area contributed by atoms with Gasteiger partial charge in [0, 0.05) is 23.2 Å². The molecule has 0 atom stereocenters. The molecule has 1 aliphatic carbocycles. The Balaban J connectivity index is 1.90. The normalized spacial score (nSPS) is 16.6. The van der Waals surface area contributed by atoms with Crippen LogP contribution in [0.2, 0.25) is 0 Å². The van der Waals surface area contributed by atoms with Gasteiger partial charge < -0.3 is 15.5 Å². The van der Waals surface area contributed by atoms with Crippen LogP contribution in [0.15, 0.2) is 33.8 Å². The summed E-state index contributed by atoms with van der Waals surface area (Å²) in [6.07, 6.45) is 1.46. The average molecular weight is 413 g/mol. The molecule has 0 fully saturated rings. The molecule has 7 heteroatoms. The molecule has 154 valence electrons. The third-order valence-electron chi connectivity index (χ3n) is 5.14. The van der Waals surface area contributed by atoms with Gasteiger partial charge in [-0.3, -0.25) is 10.2 Å². The van der Waals surface area contributed by atoms with Crippen molar-refractivity contribution in [3.05, 3.63) is 52.5 Å². The van der Waals surface area contributed by atoms with Crippen LogP contribution in [0, 0.1) is 12.3 Å². The van der Waals surface area contributed by atoms with Crippen LogP contribution < -0.4 is 16.5 Å². The number of benzene rings is 1. The molecule has 1 aromatic carbocycles. The molecule has 0 spiro atoms. The fraction of sp³-hybridized carbons (Fsp3) is 0.409. The maximum atomic E-state index is 12.9. The van der Waals surface area contributed by atoms with E-state index in [-0.39, 0.29) is 16.4 Å². The Labute approximate surface area is 176 Å². The number of carbonyl (C=O) groups excluding carboxylic acids is 1. The number of hydrogen-bond acceptors (Lipinski definition) is 4. The molecule has 29 heavy (non-hydrogen) atoms. The molecule has 4 N–H and O–H groups in total. The van der Waals surface area contributed by atoms with Crippen LogP contribution in [0.4, 0.5) is 5.69 Å². The number of hydrazone groups is 1. The van der Waals surface area contributed by atoms with Crippen LogP contribution in [0.3, 0.4) is 0 Å². The van der Waals surface area contributed by atoms with E-state index < -0.39 is 0 Å². The topological polar surface area (TPSA) is 92.6 Å². The number of thiocarbonyl (C=S) groups is 1. The van der Waals surface area contributed by atoms with E-state index in [9.17, 15) is 4.79 Å². The summed E-state index contributed by atoms with van der Waals surface area (Å²) >= 11 is 4.87. The fourth-order valence-corrected chi connectivity index (χ4v) is 3.73. The Morgan fingerprint density at radius 1 is 1.24 bits per heavy atom. The Morgan fingerprint density at radius 2 is 1.90 bits per heavy atom. The lowest BCUT2D eigenvalue weighted by atomic mass is 9.75. The summed E-state index contributed by atoms with van der Waals surface area (Å²) in [5, 5.41) is 7.41. The third kappa shape index (κ3) is 4.67. The van der Waals surface area contributed by atoms with Gasteiger partial charge in [0.2, 0.25) is 0 Å². The predicted octanol–water partition coefficient (Wildman–Crippen LogP) is 4.47. The largest absolute Gasteiger partial charge is 0.455 e. The maximum absolute atomic E-state index is 12.9. The molecule has 1 aromatic heterocycles. The highest BCUT2D eigenvalue weighted by Crippen LogP contribution is 2.39. The summed E-state index contributed by atoms with van der Waals surface area (Å²) in [6, 6.07) is 7.87. The molecule has 0 saturated heterocycles. The highest BCUT2D eigenvalue weighted by atomic mass is 32.1. The van der Waals surface area contributed by atoms with E-state index in [0.717, 1.165) is 41.1 Å². The first-order valence-corrected chi connectivity index (χ1v) is 10.1. The summed E-state index contributed by atoms with van der Waals surface area (Å²) in [6.45, 7) is 10.4. The lowest BCUT2D eigenvalue weighted by molar-refractivity contribution is 0.0993. The highest BCUT2D eigenvalue weighted by molar-refractivity contribution is 7.80. The molecule has 3 rings (SSSR count). The molecule has 0 radical (unpaired) electrons. The van der Waals surface area contributed by atoms with Crippen molar-refractivity contribution in [2.45, 2.75) is 53.4 Å². The van der Waals surface area contributed by atoms with Crippen molar-refractivity contribution in [3.8, 4) is 0 Å². The fourth-order valence-electron chi connectivity index (χ4n) is 3.69. The summed E-state index contributed by atoms with van der Waals surface area (Å²) < 4.78 is 6.02. The van der Waals surface area contributed by atoms with E-state index in [1.807, 2.05) is 31.2 Å². The van der Waals surface area contributed by atoms with Gasteiger partial charge in [0.25, 0.3) is 5.91 Å². The number of hydrogen-bond donors (Lipinski definition) is 3. The van der Waals surface area contributed by atoms with Gasteiger partial charge >= 0.3 is 0 Å². The zero-order chi connectivity index (χ0) is 21.3. The quantitative estimate of drug-likeness (QED) is 0.509. The van der Waals surface area contributed by atoms with Crippen molar-refractivity contribution in [2.75, 3.05) is 5.32 Å². The minimum absolute atomic E-state index is 0.0472. The van der Waals surface area contributed by atoms with Gasteiger partial charge in [-0.05, 0) is 54.6 Å². The van der Waals surface area contributed by atoms with Gasteiger partial charge in [-0.1, -0.05) is 39.8 Å². The van der Waals surface area contributed by atoms with Crippen molar-refractivity contribution >= 4 is 34.6 Å². The zero-order valence-corrected chi connectivity index (χ0v) is 18.4. The number of rotatable bonds is 4. The van der Waals surface area contributed by atoms with Crippen molar-refractivity contribution in [1.29, 1.82) is 0 Å². The second-order valence-corrected chi connectivity index (χ2v) is 9.08. The van der Waals surface area contributed by atoms with Gasteiger partial charge in [0.15, 0.2) is 10.9 Å². The Hall–Kier alpha value is -2.67. The van der Waals surface area contributed by atoms with Crippen LogP contribution >= 0.6 is 12.2 Å². The molecular formula is C22H28N4O2S. The molecule has 0 bridgehead atoms.